The first kappa shape index (κ1) is 13.4. The number of carbonyl (C=O) groups is 1. The van der Waals surface area contributed by atoms with E-state index in [1.54, 1.807) is 0 Å². The Bertz CT molecular complexity index is 399. The summed E-state index contributed by atoms with van der Waals surface area (Å²) < 4.78 is 0. The Morgan fingerprint density at radius 3 is 2.78 bits per heavy atom. The van der Waals surface area contributed by atoms with Crippen molar-refractivity contribution in [2.75, 3.05) is 25.1 Å². The smallest absolute Gasteiger partial charge is 0.240 e. The monoisotopic (exact) mass is 264 g/mol. The third-order valence-corrected chi connectivity index (χ3v) is 4.20. The molecule has 1 heterocycles. The lowest BCUT2D eigenvalue weighted by Gasteiger charge is -2.27. The number of hydrogen-bond donors (Lipinski definition) is 1. The Kier molecular flexibility index (Phi) is 4.66. The van der Waals surface area contributed by atoms with Gasteiger partial charge in [0.1, 0.15) is 0 Å². The van der Waals surface area contributed by atoms with Crippen molar-refractivity contribution in [2.24, 2.45) is 0 Å². The van der Waals surface area contributed by atoms with E-state index in [1.807, 2.05) is 23.7 Å². The lowest BCUT2D eigenvalue weighted by Crippen LogP contribution is -2.49. The van der Waals surface area contributed by atoms with Gasteiger partial charge in [0, 0.05) is 31.6 Å². The first-order valence-electron chi connectivity index (χ1n) is 6.28. The van der Waals surface area contributed by atoms with E-state index in [0.717, 1.165) is 18.1 Å². The van der Waals surface area contributed by atoms with Gasteiger partial charge in [-0.1, -0.05) is 29.8 Å². The summed E-state index contributed by atoms with van der Waals surface area (Å²) in [6.07, 6.45) is 0. The van der Waals surface area contributed by atoms with Crippen molar-refractivity contribution >= 4 is 17.7 Å². The van der Waals surface area contributed by atoms with Crippen LogP contribution in [0, 0.1) is 6.92 Å². The maximum absolute atomic E-state index is 12.2. The van der Waals surface area contributed by atoms with Gasteiger partial charge >= 0.3 is 0 Å². The number of rotatable bonds is 3. The fourth-order valence-corrected chi connectivity index (χ4v) is 2.96. The number of aryl methyl sites for hydroxylation is 1. The summed E-state index contributed by atoms with van der Waals surface area (Å²) in [5, 5.41) is 3.28. The number of thioether (sulfide) groups is 1. The Hall–Kier alpha value is -1.00. The molecule has 0 saturated carbocycles. The van der Waals surface area contributed by atoms with E-state index in [-0.39, 0.29) is 11.9 Å². The molecule has 1 aliphatic heterocycles. The van der Waals surface area contributed by atoms with Crippen molar-refractivity contribution in [3.8, 4) is 0 Å². The highest BCUT2D eigenvalue weighted by Gasteiger charge is 2.23. The molecule has 98 valence electrons. The maximum atomic E-state index is 12.2. The number of carbonyl (C=O) groups excluding carboxylic acids is 1. The molecule has 2 rings (SSSR count). The zero-order valence-electron chi connectivity index (χ0n) is 11.0. The molecule has 0 aromatic heterocycles. The van der Waals surface area contributed by atoms with Crippen molar-refractivity contribution in [1.82, 2.24) is 10.2 Å². The van der Waals surface area contributed by atoms with Gasteiger partial charge in [0.15, 0.2) is 0 Å². The second-order valence-corrected chi connectivity index (χ2v) is 5.91. The highest BCUT2D eigenvalue weighted by molar-refractivity contribution is 7.99. The van der Waals surface area contributed by atoms with Crippen LogP contribution in [0.25, 0.3) is 0 Å². The number of nitrogens with one attached hydrogen (secondary N) is 1. The number of benzene rings is 1. The SMILES string of the molecule is Cc1ccc(CN(C)C(=O)C2CSCCN2)cc1. The summed E-state index contributed by atoms with van der Waals surface area (Å²) in [7, 11) is 1.88. The van der Waals surface area contributed by atoms with E-state index in [2.05, 4.69) is 36.5 Å². The van der Waals surface area contributed by atoms with Crippen LogP contribution >= 0.6 is 11.8 Å². The van der Waals surface area contributed by atoms with Crippen molar-refractivity contribution in [2.45, 2.75) is 19.5 Å². The van der Waals surface area contributed by atoms with Crippen molar-refractivity contribution in [3.05, 3.63) is 35.4 Å². The van der Waals surface area contributed by atoms with Crippen molar-refractivity contribution in [3.63, 3.8) is 0 Å². The molecule has 1 fully saturated rings. The quantitative estimate of drug-likeness (QED) is 0.901. The number of amides is 1. The standard InChI is InChI=1S/C14H20N2OS/c1-11-3-5-12(6-4-11)9-16(2)14(17)13-10-18-8-7-15-13/h3-6,13,15H,7-10H2,1-2H3. The van der Waals surface area contributed by atoms with Crippen molar-refractivity contribution in [1.29, 1.82) is 0 Å². The lowest BCUT2D eigenvalue weighted by atomic mass is 10.1. The molecular weight excluding hydrogens is 244 g/mol. The molecule has 18 heavy (non-hydrogen) atoms. The van der Waals surface area contributed by atoms with Crippen LogP contribution in [-0.4, -0.2) is 41.9 Å². The summed E-state index contributed by atoms with van der Waals surface area (Å²) in [5.41, 5.74) is 2.43. The zero-order chi connectivity index (χ0) is 13.0. The summed E-state index contributed by atoms with van der Waals surface area (Å²) in [6.45, 7) is 3.68. The second kappa shape index (κ2) is 6.25. The van der Waals surface area contributed by atoms with E-state index in [1.165, 1.54) is 11.1 Å². The van der Waals surface area contributed by atoms with Gasteiger partial charge in [-0.3, -0.25) is 4.79 Å². The maximum Gasteiger partial charge on any atom is 0.240 e. The predicted octanol–water partition coefficient (Wildman–Crippen LogP) is 1.66. The predicted molar refractivity (Wildman–Crippen MR) is 76.8 cm³/mol. The van der Waals surface area contributed by atoms with Gasteiger partial charge in [-0.25, -0.2) is 0 Å². The van der Waals surface area contributed by atoms with E-state index < -0.39 is 0 Å². The number of hydrogen-bond acceptors (Lipinski definition) is 3. The van der Waals surface area contributed by atoms with E-state index in [9.17, 15) is 4.79 Å². The number of likely N-dealkylation sites (N-methyl/N-ethyl adjacent to an activating group) is 1. The summed E-state index contributed by atoms with van der Waals surface area (Å²) in [4.78, 5) is 14.0. The highest BCUT2D eigenvalue weighted by atomic mass is 32.2. The van der Waals surface area contributed by atoms with Gasteiger partial charge in [-0.05, 0) is 12.5 Å². The Balaban J connectivity index is 1.92. The van der Waals surface area contributed by atoms with Gasteiger partial charge in [0.05, 0.1) is 6.04 Å². The second-order valence-electron chi connectivity index (χ2n) is 4.76. The number of nitrogens with zero attached hydrogens (tertiary/aromatic N) is 1. The van der Waals surface area contributed by atoms with Crippen LogP contribution in [0.15, 0.2) is 24.3 Å². The highest BCUT2D eigenvalue weighted by Crippen LogP contribution is 2.11. The van der Waals surface area contributed by atoms with Gasteiger partial charge in [0.25, 0.3) is 0 Å². The van der Waals surface area contributed by atoms with E-state index in [0.29, 0.717) is 6.54 Å². The molecule has 0 radical (unpaired) electrons. The summed E-state index contributed by atoms with van der Waals surface area (Å²) in [5.74, 6) is 2.19. The summed E-state index contributed by atoms with van der Waals surface area (Å²) in [6, 6.07) is 8.33. The van der Waals surface area contributed by atoms with Crippen LogP contribution in [0.2, 0.25) is 0 Å². The molecular formula is C14H20N2OS. The molecule has 4 heteroatoms. The molecule has 1 N–H and O–H groups in total. The van der Waals surface area contributed by atoms with Crippen LogP contribution in [0.4, 0.5) is 0 Å². The van der Waals surface area contributed by atoms with Gasteiger partial charge in [0.2, 0.25) is 5.91 Å². The molecule has 1 aromatic rings. The first-order valence-corrected chi connectivity index (χ1v) is 7.44. The Labute approximate surface area is 113 Å². The Morgan fingerprint density at radius 2 is 2.17 bits per heavy atom. The molecule has 1 saturated heterocycles. The van der Waals surface area contributed by atoms with Crippen LogP contribution in [0.5, 0.6) is 0 Å². The molecule has 1 unspecified atom stereocenters. The van der Waals surface area contributed by atoms with Gasteiger partial charge in [-0.2, -0.15) is 11.8 Å². The molecule has 1 aromatic carbocycles. The average molecular weight is 264 g/mol. The summed E-state index contributed by atoms with van der Waals surface area (Å²) >= 11 is 1.85. The fourth-order valence-electron chi connectivity index (χ4n) is 2.04. The molecule has 0 aliphatic carbocycles. The largest absolute Gasteiger partial charge is 0.340 e. The molecule has 0 spiro atoms. The Morgan fingerprint density at radius 1 is 1.44 bits per heavy atom. The average Bonchev–Trinajstić information content (AvgIpc) is 2.41. The van der Waals surface area contributed by atoms with Gasteiger partial charge in [-0.15, -0.1) is 0 Å². The molecule has 1 atom stereocenters. The normalized spacial score (nSPS) is 19.6. The molecule has 3 nitrogen and oxygen atoms in total. The molecule has 0 bridgehead atoms. The molecule has 1 aliphatic rings. The van der Waals surface area contributed by atoms with Crippen LogP contribution in [-0.2, 0) is 11.3 Å². The molecule has 1 amide bonds. The van der Waals surface area contributed by atoms with Crippen LogP contribution in [0.1, 0.15) is 11.1 Å². The van der Waals surface area contributed by atoms with Crippen molar-refractivity contribution < 1.29 is 4.79 Å². The topological polar surface area (TPSA) is 32.3 Å². The van der Waals surface area contributed by atoms with E-state index in [4.69, 9.17) is 0 Å². The first-order chi connectivity index (χ1) is 8.66. The fraction of sp³-hybridized carbons (Fsp3) is 0.500. The minimum Gasteiger partial charge on any atom is -0.340 e. The van der Waals surface area contributed by atoms with Crippen LogP contribution < -0.4 is 5.32 Å². The third kappa shape index (κ3) is 3.50. The van der Waals surface area contributed by atoms with E-state index >= 15 is 0 Å². The zero-order valence-corrected chi connectivity index (χ0v) is 11.8. The van der Waals surface area contributed by atoms with Gasteiger partial charge < -0.3 is 10.2 Å². The van der Waals surface area contributed by atoms with Crippen LogP contribution in [0.3, 0.4) is 0 Å². The lowest BCUT2D eigenvalue weighted by molar-refractivity contribution is -0.132. The minimum absolute atomic E-state index is 0.0146. The minimum atomic E-state index is -0.0146. The third-order valence-electron chi connectivity index (χ3n) is 3.14.